The van der Waals surface area contributed by atoms with Crippen molar-refractivity contribution in [2.45, 2.75) is 45.4 Å². The highest BCUT2D eigenvalue weighted by Gasteiger charge is 2.38. The van der Waals surface area contributed by atoms with Gasteiger partial charge in [0.05, 0.1) is 17.0 Å². The zero-order chi connectivity index (χ0) is 24.4. The number of alkyl halides is 3. The van der Waals surface area contributed by atoms with Crippen LogP contribution in [0.2, 0.25) is 0 Å². The first kappa shape index (κ1) is 24.9. The average molecular weight is 470 g/mol. The molecule has 0 N–H and O–H groups in total. The zero-order valence-corrected chi connectivity index (χ0v) is 19.2. The number of piperidine rings is 1. The molecule has 2 fully saturated rings. The van der Waals surface area contributed by atoms with Crippen molar-refractivity contribution >= 4 is 17.9 Å². The molecule has 182 valence electrons. The summed E-state index contributed by atoms with van der Waals surface area (Å²) in [4.78, 5) is 42.7. The molecule has 1 aromatic rings. The summed E-state index contributed by atoms with van der Waals surface area (Å²) >= 11 is 0. The molecule has 2 saturated heterocycles. The van der Waals surface area contributed by atoms with Crippen LogP contribution in [0.3, 0.4) is 0 Å². The van der Waals surface area contributed by atoms with Crippen molar-refractivity contribution in [2.24, 2.45) is 5.92 Å². The Morgan fingerprint density at radius 2 is 1.52 bits per heavy atom. The SMILES string of the molecule is CC(C)(C)OC(=O)N1CCCC(C(=O)N2CCN(C(=O)c3ccccc3C(F)(F)F)CC2)C1. The first-order chi connectivity index (χ1) is 15.4. The van der Waals surface area contributed by atoms with E-state index in [-0.39, 0.29) is 50.1 Å². The average Bonchev–Trinajstić information content (AvgIpc) is 2.76. The Labute approximate surface area is 191 Å². The molecule has 2 heterocycles. The first-order valence-corrected chi connectivity index (χ1v) is 11.1. The van der Waals surface area contributed by atoms with Crippen LogP contribution in [0.4, 0.5) is 18.0 Å². The van der Waals surface area contributed by atoms with Crippen LogP contribution in [-0.4, -0.2) is 77.5 Å². The van der Waals surface area contributed by atoms with Crippen LogP contribution < -0.4 is 0 Å². The van der Waals surface area contributed by atoms with E-state index in [1.807, 2.05) is 0 Å². The van der Waals surface area contributed by atoms with E-state index in [9.17, 15) is 27.6 Å². The molecule has 0 saturated carbocycles. The number of carbonyl (C=O) groups excluding carboxylic acids is 3. The maximum absolute atomic E-state index is 13.3. The molecular formula is C23H30F3N3O4. The Morgan fingerprint density at radius 3 is 2.12 bits per heavy atom. The van der Waals surface area contributed by atoms with Crippen LogP contribution >= 0.6 is 0 Å². The molecule has 3 rings (SSSR count). The highest BCUT2D eigenvalue weighted by molar-refractivity contribution is 5.96. The normalized spacial score (nSPS) is 19.9. The van der Waals surface area contributed by atoms with Crippen molar-refractivity contribution in [1.29, 1.82) is 0 Å². The van der Waals surface area contributed by atoms with Gasteiger partial charge in [-0.1, -0.05) is 12.1 Å². The third-order valence-corrected chi connectivity index (χ3v) is 5.76. The van der Waals surface area contributed by atoms with E-state index in [0.717, 1.165) is 6.07 Å². The summed E-state index contributed by atoms with van der Waals surface area (Å²) in [6.45, 7) is 6.93. The molecule has 3 amide bonds. The Morgan fingerprint density at radius 1 is 0.909 bits per heavy atom. The van der Waals surface area contributed by atoms with Gasteiger partial charge in [-0.15, -0.1) is 0 Å². The van der Waals surface area contributed by atoms with E-state index in [1.165, 1.54) is 23.1 Å². The number of hydrogen-bond acceptors (Lipinski definition) is 4. The van der Waals surface area contributed by atoms with E-state index in [1.54, 1.807) is 30.6 Å². The van der Waals surface area contributed by atoms with Gasteiger partial charge >= 0.3 is 12.3 Å². The number of ether oxygens (including phenoxy) is 1. The molecule has 0 spiro atoms. The van der Waals surface area contributed by atoms with Gasteiger partial charge in [0.25, 0.3) is 5.91 Å². The maximum atomic E-state index is 13.3. The van der Waals surface area contributed by atoms with Crippen LogP contribution in [0, 0.1) is 5.92 Å². The van der Waals surface area contributed by atoms with Gasteiger partial charge in [-0.05, 0) is 45.7 Å². The number of likely N-dealkylation sites (tertiary alicyclic amines) is 1. The van der Waals surface area contributed by atoms with Crippen LogP contribution in [0.25, 0.3) is 0 Å². The molecule has 1 aromatic carbocycles. The van der Waals surface area contributed by atoms with Crippen molar-refractivity contribution in [2.75, 3.05) is 39.3 Å². The number of hydrogen-bond donors (Lipinski definition) is 0. The zero-order valence-electron chi connectivity index (χ0n) is 19.2. The maximum Gasteiger partial charge on any atom is 0.417 e. The van der Waals surface area contributed by atoms with Gasteiger partial charge in [0, 0.05) is 39.3 Å². The summed E-state index contributed by atoms with van der Waals surface area (Å²) in [5, 5.41) is 0. The number of benzene rings is 1. The molecule has 2 aliphatic rings. The molecule has 0 aromatic heterocycles. The van der Waals surface area contributed by atoms with Gasteiger partial charge in [-0.3, -0.25) is 9.59 Å². The summed E-state index contributed by atoms with van der Waals surface area (Å²) in [6.07, 6.45) is -3.73. The second kappa shape index (κ2) is 9.61. The number of piperazine rings is 1. The summed E-state index contributed by atoms with van der Waals surface area (Å²) in [6, 6.07) is 4.73. The fraction of sp³-hybridized carbons (Fsp3) is 0.609. The lowest BCUT2D eigenvalue weighted by molar-refractivity contribution is -0.138. The lowest BCUT2D eigenvalue weighted by atomic mass is 9.96. The molecule has 33 heavy (non-hydrogen) atoms. The minimum Gasteiger partial charge on any atom is -0.444 e. The number of halogens is 3. The summed E-state index contributed by atoms with van der Waals surface area (Å²) in [7, 11) is 0. The van der Waals surface area contributed by atoms with Gasteiger partial charge in [0.1, 0.15) is 5.60 Å². The highest BCUT2D eigenvalue weighted by atomic mass is 19.4. The van der Waals surface area contributed by atoms with Crippen molar-refractivity contribution in [3.63, 3.8) is 0 Å². The van der Waals surface area contributed by atoms with E-state index < -0.39 is 29.3 Å². The largest absolute Gasteiger partial charge is 0.444 e. The summed E-state index contributed by atoms with van der Waals surface area (Å²) in [5.41, 5.74) is -1.97. The molecule has 1 unspecified atom stereocenters. The predicted octanol–water partition coefficient (Wildman–Crippen LogP) is 3.64. The molecule has 7 nitrogen and oxygen atoms in total. The number of amides is 3. The standard InChI is InChI=1S/C23H30F3N3O4/c1-22(2,3)33-21(32)29-10-6-7-16(15-29)19(30)27-11-13-28(14-12-27)20(31)17-8-4-5-9-18(17)23(24,25)26/h4-5,8-9,16H,6-7,10-15H2,1-3H3. The molecule has 2 aliphatic heterocycles. The minimum absolute atomic E-state index is 0.106. The summed E-state index contributed by atoms with van der Waals surface area (Å²) < 4.78 is 45.2. The number of nitrogens with zero attached hydrogens (tertiary/aromatic N) is 3. The lowest BCUT2D eigenvalue weighted by Gasteiger charge is -2.39. The Kier molecular flexibility index (Phi) is 7.23. The van der Waals surface area contributed by atoms with Gasteiger partial charge in [0.15, 0.2) is 0 Å². The van der Waals surface area contributed by atoms with Crippen molar-refractivity contribution in [1.82, 2.24) is 14.7 Å². The van der Waals surface area contributed by atoms with Gasteiger partial charge in [-0.25, -0.2) is 4.79 Å². The Balaban J connectivity index is 1.58. The highest BCUT2D eigenvalue weighted by Crippen LogP contribution is 2.32. The Hall–Kier alpha value is -2.78. The number of carbonyl (C=O) groups is 3. The second-order valence-corrected chi connectivity index (χ2v) is 9.43. The fourth-order valence-electron chi connectivity index (χ4n) is 4.15. The van der Waals surface area contributed by atoms with Crippen molar-refractivity contribution in [3.05, 3.63) is 35.4 Å². The van der Waals surface area contributed by atoms with Gasteiger partial charge in [-0.2, -0.15) is 13.2 Å². The van der Waals surface area contributed by atoms with Crippen LogP contribution in [-0.2, 0) is 15.7 Å². The third kappa shape index (κ3) is 6.17. The quantitative estimate of drug-likeness (QED) is 0.663. The van der Waals surface area contributed by atoms with Crippen LogP contribution in [0.15, 0.2) is 24.3 Å². The Bertz CT molecular complexity index is 890. The van der Waals surface area contributed by atoms with E-state index >= 15 is 0 Å². The van der Waals surface area contributed by atoms with E-state index in [2.05, 4.69) is 0 Å². The second-order valence-electron chi connectivity index (χ2n) is 9.43. The smallest absolute Gasteiger partial charge is 0.417 e. The first-order valence-electron chi connectivity index (χ1n) is 11.1. The monoisotopic (exact) mass is 469 g/mol. The molecule has 0 bridgehead atoms. The van der Waals surface area contributed by atoms with E-state index in [0.29, 0.717) is 19.4 Å². The molecule has 1 atom stereocenters. The minimum atomic E-state index is -4.62. The third-order valence-electron chi connectivity index (χ3n) is 5.76. The van der Waals surface area contributed by atoms with Gasteiger partial charge < -0.3 is 19.4 Å². The topological polar surface area (TPSA) is 70.2 Å². The van der Waals surface area contributed by atoms with Crippen LogP contribution in [0.5, 0.6) is 0 Å². The molecular weight excluding hydrogens is 439 g/mol. The number of rotatable bonds is 2. The van der Waals surface area contributed by atoms with Crippen molar-refractivity contribution in [3.8, 4) is 0 Å². The van der Waals surface area contributed by atoms with E-state index in [4.69, 9.17) is 4.74 Å². The van der Waals surface area contributed by atoms with Crippen LogP contribution in [0.1, 0.15) is 49.5 Å². The molecule has 10 heteroatoms. The van der Waals surface area contributed by atoms with Crippen molar-refractivity contribution < 1.29 is 32.3 Å². The fourth-order valence-corrected chi connectivity index (χ4v) is 4.15. The molecule has 0 aliphatic carbocycles. The summed E-state index contributed by atoms with van der Waals surface area (Å²) in [5.74, 6) is -1.16. The lowest BCUT2D eigenvalue weighted by Crippen LogP contribution is -2.54. The molecule has 0 radical (unpaired) electrons. The van der Waals surface area contributed by atoms with Gasteiger partial charge in [0.2, 0.25) is 5.91 Å². The predicted molar refractivity (Wildman–Crippen MR) is 114 cm³/mol.